The number of halogens is 1. The van der Waals surface area contributed by atoms with Gasteiger partial charge >= 0.3 is 0 Å². The van der Waals surface area contributed by atoms with Crippen LogP contribution in [0.15, 0.2) is 98.8 Å². The number of fused-ring (bicyclic) bond motifs is 1. The number of nitrogens with one attached hydrogen (secondary N) is 2. The van der Waals surface area contributed by atoms with Crippen LogP contribution in [0, 0.1) is 0 Å². The van der Waals surface area contributed by atoms with Gasteiger partial charge in [-0.1, -0.05) is 47.6 Å². The third-order valence-corrected chi connectivity index (χ3v) is 5.61. The van der Waals surface area contributed by atoms with Gasteiger partial charge in [0.25, 0.3) is 5.56 Å². The summed E-state index contributed by atoms with van der Waals surface area (Å²) >= 11 is 12.6. The van der Waals surface area contributed by atoms with Crippen LogP contribution in [0.2, 0.25) is 5.02 Å². The zero-order valence-corrected chi connectivity index (χ0v) is 18.4. The summed E-state index contributed by atoms with van der Waals surface area (Å²) in [5, 5.41) is 8.66. The van der Waals surface area contributed by atoms with Crippen molar-refractivity contribution in [3.63, 3.8) is 0 Å². The smallest absolute Gasteiger partial charge is 0.267 e. The molecule has 0 saturated carbocycles. The third-order valence-electron chi connectivity index (χ3n) is 4.15. The minimum Gasteiger partial charge on any atom is -0.331 e. The van der Waals surface area contributed by atoms with E-state index in [1.165, 1.54) is 22.4 Å². The highest BCUT2D eigenvalue weighted by Gasteiger charge is 2.13. The Morgan fingerprint density at radius 3 is 2.58 bits per heavy atom. The molecular weight excluding hydrogens is 450 g/mol. The molecule has 154 valence electrons. The van der Waals surface area contributed by atoms with Crippen molar-refractivity contribution in [3.8, 4) is 0 Å². The highest BCUT2D eigenvalue weighted by molar-refractivity contribution is 7.99. The normalized spacial score (nSPS) is 11.0. The van der Waals surface area contributed by atoms with Crippen molar-refractivity contribution in [2.24, 2.45) is 5.10 Å². The predicted octanol–water partition coefficient (Wildman–Crippen LogP) is 4.82. The molecule has 9 heteroatoms. The molecule has 2 heterocycles. The highest BCUT2D eigenvalue weighted by atomic mass is 35.5. The van der Waals surface area contributed by atoms with Gasteiger partial charge in [0.2, 0.25) is 0 Å². The molecule has 0 aliphatic heterocycles. The highest BCUT2D eigenvalue weighted by Crippen LogP contribution is 2.28. The second-order valence-corrected chi connectivity index (χ2v) is 8.22. The molecule has 2 aromatic heterocycles. The summed E-state index contributed by atoms with van der Waals surface area (Å²) in [6.45, 7) is 0. The SMILES string of the molecule is O=c1c(/C=N/NC(=S)Nc2ccccc2)c(Sc2ccc(Cl)cc2)nc2ccccn12. The maximum atomic E-state index is 13.1. The molecule has 4 rings (SSSR count). The molecule has 0 aliphatic carbocycles. The van der Waals surface area contributed by atoms with Gasteiger partial charge in [0.1, 0.15) is 10.7 Å². The van der Waals surface area contributed by atoms with Crippen LogP contribution >= 0.6 is 35.6 Å². The predicted molar refractivity (Wildman–Crippen MR) is 130 cm³/mol. The van der Waals surface area contributed by atoms with E-state index < -0.39 is 0 Å². The molecule has 31 heavy (non-hydrogen) atoms. The van der Waals surface area contributed by atoms with Crippen molar-refractivity contribution in [2.45, 2.75) is 9.92 Å². The van der Waals surface area contributed by atoms with E-state index in [1.807, 2.05) is 48.5 Å². The van der Waals surface area contributed by atoms with Crippen molar-refractivity contribution in [1.82, 2.24) is 14.8 Å². The van der Waals surface area contributed by atoms with E-state index in [0.29, 0.717) is 26.4 Å². The lowest BCUT2D eigenvalue weighted by Crippen LogP contribution is -2.25. The Labute approximate surface area is 193 Å². The van der Waals surface area contributed by atoms with E-state index >= 15 is 0 Å². The number of hydrogen-bond donors (Lipinski definition) is 2. The number of hydrogen-bond acceptors (Lipinski definition) is 5. The molecule has 0 unspecified atom stereocenters. The largest absolute Gasteiger partial charge is 0.331 e. The summed E-state index contributed by atoms with van der Waals surface area (Å²) in [6.07, 6.45) is 3.11. The first kappa shape index (κ1) is 21.0. The number of benzene rings is 2. The molecule has 0 atom stereocenters. The van der Waals surface area contributed by atoms with Crippen molar-refractivity contribution >= 4 is 58.2 Å². The maximum absolute atomic E-state index is 13.1. The van der Waals surface area contributed by atoms with Crippen molar-refractivity contribution in [1.29, 1.82) is 0 Å². The molecule has 0 radical (unpaired) electrons. The Bertz CT molecular complexity index is 1310. The fourth-order valence-corrected chi connectivity index (χ4v) is 3.90. The van der Waals surface area contributed by atoms with Gasteiger partial charge in [-0.25, -0.2) is 4.98 Å². The van der Waals surface area contributed by atoms with Gasteiger partial charge < -0.3 is 5.32 Å². The summed E-state index contributed by atoms with van der Waals surface area (Å²) in [7, 11) is 0. The minimum atomic E-state index is -0.227. The van der Waals surface area contributed by atoms with Crippen molar-refractivity contribution < 1.29 is 0 Å². The van der Waals surface area contributed by atoms with E-state index in [-0.39, 0.29) is 5.56 Å². The molecular formula is C22H16ClN5OS2. The van der Waals surface area contributed by atoms with Crippen LogP contribution in [0.3, 0.4) is 0 Å². The number of thiocarbonyl (C=S) groups is 1. The topological polar surface area (TPSA) is 70.8 Å². The summed E-state index contributed by atoms with van der Waals surface area (Å²) < 4.78 is 1.48. The first-order chi connectivity index (χ1) is 15.1. The van der Waals surface area contributed by atoms with Crippen LogP contribution in [-0.2, 0) is 0 Å². The average Bonchev–Trinajstić information content (AvgIpc) is 2.78. The molecule has 0 spiro atoms. The Balaban J connectivity index is 1.62. The van der Waals surface area contributed by atoms with Gasteiger partial charge in [-0.3, -0.25) is 14.6 Å². The van der Waals surface area contributed by atoms with Crippen LogP contribution in [-0.4, -0.2) is 20.7 Å². The van der Waals surface area contributed by atoms with Gasteiger partial charge in [0.15, 0.2) is 5.11 Å². The standard InChI is InChI=1S/C22H16ClN5OS2/c23-15-9-11-17(12-10-15)31-20-18(21(29)28-13-5-4-8-19(28)26-20)14-24-27-22(30)25-16-6-2-1-3-7-16/h1-14H,(H2,25,27,30)/b24-14+. The van der Waals surface area contributed by atoms with Crippen LogP contribution in [0.25, 0.3) is 5.65 Å². The van der Waals surface area contributed by atoms with Crippen molar-refractivity contribution in [3.05, 3.63) is 99.9 Å². The fourth-order valence-electron chi connectivity index (χ4n) is 2.72. The first-order valence-corrected chi connectivity index (χ1v) is 10.8. The number of para-hydroxylation sites is 1. The van der Waals surface area contributed by atoms with E-state index in [4.69, 9.17) is 23.8 Å². The molecule has 0 saturated heterocycles. The quantitative estimate of drug-likeness (QED) is 0.190. The molecule has 0 fully saturated rings. The Hall–Kier alpha value is -3.20. The number of anilines is 1. The van der Waals surface area contributed by atoms with Gasteiger partial charge in [-0.05, 0) is 60.7 Å². The van der Waals surface area contributed by atoms with Gasteiger partial charge in [0, 0.05) is 21.8 Å². The number of pyridine rings is 1. The Morgan fingerprint density at radius 2 is 1.81 bits per heavy atom. The van der Waals surface area contributed by atoms with Gasteiger partial charge in [-0.2, -0.15) is 5.10 Å². The number of rotatable bonds is 5. The van der Waals surface area contributed by atoms with Crippen LogP contribution in [0.1, 0.15) is 5.56 Å². The second kappa shape index (κ2) is 9.74. The lowest BCUT2D eigenvalue weighted by Gasteiger charge is -2.09. The molecule has 0 amide bonds. The summed E-state index contributed by atoms with van der Waals surface area (Å²) in [4.78, 5) is 18.6. The van der Waals surface area contributed by atoms with E-state index in [9.17, 15) is 4.79 Å². The van der Waals surface area contributed by atoms with E-state index in [2.05, 4.69) is 20.8 Å². The first-order valence-electron chi connectivity index (χ1n) is 9.20. The second-order valence-electron chi connectivity index (χ2n) is 6.31. The fraction of sp³-hybridized carbons (Fsp3) is 0. The monoisotopic (exact) mass is 465 g/mol. The van der Waals surface area contributed by atoms with Crippen molar-refractivity contribution in [2.75, 3.05) is 5.32 Å². The summed E-state index contributed by atoms with van der Waals surface area (Å²) in [5.41, 5.74) is 4.25. The average molecular weight is 466 g/mol. The maximum Gasteiger partial charge on any atom is 0.267 e. The van der Waals surface area contributed by atoms with Crippen LogP contribution in [0.4, 0.5) is 5.69 Å². The summed E-state index contributed by atoms with van der Waals surface area (Å²) in [6, 6.07) is 22.2. The molecule has 2 N–H and O–H groups in total. The molecule has 0 aliphatic rings. The van der Waals surface area contributed by atoms with Crippen LogP contribution < -0.4 is 16.3 Å². The number of nitrogens with zero attached hydrogens (tertiary/aromatic N) is 3. The lowest BCUT2D eigenvalue weighted by atomic mass is 10.3. The molecule has 0 bridgehead atoms. The van der Waals surface area contributed by atoms with Crippen LogP contribution in [0.5, 0.6) is 0 Å². The molecule has 2 aromatic carbocycles. The minimum absolute atomic E-state index is 0.227. The third kappa shape index (κ3) is 5.29. The van der Waals surface area contributed by atoms with Gasteiger partial charge in [-0.15, -0.1) is 0 Å². The van der Waals surface area contributed by atoms with E-state index in [1.54, 1.807) is 30.5 Å². The molecule has 4 aromatic rings. The molecule has 6 nitrogen and oxygen atoms in total. The summed E-state index contributed by atoms with van der Waals surface area (Å²) in [5.74, 6) is 0. The number of hydrazone groups is 1. The lowest BCUT2D eigenvalue weighted by molar-refractivity contribution is 0.970. The zero-order chi connectivity index (χ0) is 21.6. The number of aromatic nitrogens is 2. The Kier molecular flexibility index (Phi) is 6.61. The zero-order valence-electron chi connectivity index (χ0n) is 16.0. The Morgan fingerprint density at radius 1 is 1.06 bits per heavy atom. The van der Waals surface area contributed by atoms with E-state index in [0.717, 1.165) is 10.6 Å². The van der Waals surface area contributed by atoms with Gasteiger partial charge in [0.05, 0.1) is 11.8 Å².